The highest BCUT2D eigenvalue weighted by Crippen LogP contribution is 2.40. The zero-order valence-corrected chi connectivity index (χ0v) is 16.5. The summed E-state index contributed by atoms with van der Waals surface area (Å²) in [5.41, 5.74) is 1.89. The summed E-state index contributed by atoms with van der Waals surface area (Å²) in [6.07, 6.45) is 1.74. The van der Waals surface area contributed by atoms with Crippen LogP contribution in [0, 0.1) is 5.82 Å². The first-order chi connectivity index (χ1) is 13.4. The number of carbonyl (C=O) groups is 1. The molecule has 1 aliphatic rings. The summed E-state index contributed by atoms with van der Waals surface area (Å²) in [5.74, 6) is -1.48. The fraction of sp³-hybridized carbons (Fsp3) is 0.143. The standard InChI is InChI=1S/C21H19FN2O3S/c1-24(2)14-10-8-13(9-11-14)12-17-19(25)18(21(26)27-3)20(28-17)23-16-7-5-4-6-15(16)22/h4-12,25H,1-3H3/b17-12+,23-20?. The molecule has 144 valence electrons. The van der Waals surface area contributed by atoms with Gasteiger partial charge in [-0.3, -0.25) is 0 Å². The molecule has 1 N–H and O–H groups in total. The average molecular weight is 398 g/mol. The lowest BCUT2D eigenvalue weighted by Crippen LogP contribution is -2.10. The van der Waals surface area contributed by atoms with E-state index in [1.165, 1.54) is 19.2 Å². The number of aliphatic hydroxyl groups is 1. The van der Waals surface area contributed by atoms with E-state index in [0.717, 1.165) is 23.0 Å². The topological polar surface area (TPSA) is 62.1 Å². The predicted molar refractivity (Wildman–Crippen MR) is 112 cm³/mol. The molecule has 0 radical (unpaired) electrons. The number of ether oxygens (including phenoxy) is 1. The van der Waals surface area contributed by atoms with Crippen LogP contribution in [0.2, 0.25) is 0 Å². The lowest BCUT2D eigenvalue weighted by Gasteiger charge is -2.11. The van der Waals surface area contributed by atoms with Crippen molar-refractivity contribution < 1.29 is 19.0 Å². The number of halogens is 1. The van der Waals surface area contributed by atoms with Gasteiger partial charge in [0.25, 0.3) is 0 Å². The Labute approximate surface area is 166 Å². The highest BCUT2D eigenvalue weighted by molar-refractivity contribution is 8.18. The molecule has 0 saturated heterocycles. The minimum absolute atomic E-state index is 0.0769. The van der Waals surface area contributed by atoms with Gasteiger partial charge >= 0.3 is 5.97 Å². The van der Waals surface area contributed by atoms with Crippen LogP contribution in [0.1, 0.15) is 5.56 Å². The molecule has 3 rings (SSSR count). The molecular weight excluding hydrogens is 379 g/mol. The van der Waals surface area contributed by atoms with Crippen molar-refractivity contribution in [2.75, 3.05) is 26.1 Å². The molecule has 2 aromatic rings. The molecule has 0 aromatic heterocycles. The number of aliphatic hydroxyl groups excluding tert-OH is 1. The summed E-state index contributed by atoms with van der Waals surface area (Å²) in [4.78, 5) is 18.8. The van der Waals surface area contributed by atoms with Crippen LogP contribution in [0.25, 0.3) is 6.08 Å². The van der Waals surface area contributed by atoms with E-state index >= 15 is 0 Å². The number of hydrogen-bond donors (Lipinski definition) is 1. The first kappa shape index (κ1) is 19.7. The van der Waals surface area contributed by atoms with Gasteiger partial charge in [-0.15, -0.1) is 0 Å². The molecule has 0 unspecified atom stereocenters. The second kappa shape index (κ2) is 8.31. The number of benzene rings is 2. The molecule has 1 heterocycles. The number of nitrogens with zero attached hydrogens (tertiary/aromatic N) is 2. The highest BCUT2D eigenvalue weighted by atomic mass is 32.2. The van der Waals surface area contributed by atoms with E-state index in [4.69, 9.17) is 4.74 Å². The molecular formula is C21H19FN2O3S. The van der Waals surface area contributed by atoms with Gasteiger partial charge in [-0.25, -0.2) is 14.2 Å². The fourth-order valence-corrected chi connectivity index (χ4v) is 3.59. The van der Waals surface area contributed by atoms with Gasteiger partial charge in [0.2, 0.25) is 0 Å². The third-order valence-electron chi connectivity index (χ3n) is 4.06. The lowest BCUT2D eigenvalue weighted by molar-refractivity contribution is -0.135. The first-order valence-corrected chi connectivity index (χ1v) is 9.25. The van der Waals surface area contributed by atoms with E-state index in [1.54, 1.807) is 18.2 Å². The Hall–Kier alpha value is -3.06. The minimum atomic E-state index is -0.730. The SMILES string of the molecule is COC(=O)C1=C(O)/C(=C\c2ccc(N(C)C)cc2)SC1=Nc1ccccc1F. The molecule has 5 nitrogen and oxygen atoms in total. The normalized spacial score (nSPS) is 16.7. The smallest absolute Gasteiger partial charge is 0.344 e. The minimum Gasteiger partial charge on any atom is -0.506 e. The van der Waals surface area contributed by atoms with E-state index in [-0.39, 0.29) is 22.1 Å². The van der Waals surface area contributed by atoms with E-state index in [2.05, 4.69) is 4.99 Å². The van der Waals surface area contributed by atoms with Gasteiger partial charge in [0.05, 0.1) is 12.0 Å². The molecule has 28 heavy (non-hydrogen) atoms. The maximum atomic E-state index is 14.0. The van der Waals surface area contributed by atoms with Crippen molar-refractivity contribution in [1.29, 1.82) is 0 Å². The molecule has 0 aliphatic carbocycles. The Kier molecular flexibility index (Phi) is 5.84. The molecule has 0 amide bonds. The van der Waals surface area contributed by atoms with Crippen LogP contribution in [-0.4, -0.2) is 37.3 Å². The molecule has 0 fully saturated rings. The van der Waals surface area contributed by atoms with Gasteiger partial charge in [-0.05, 0) is 35.9 Å². The third-order valence-corrected chi connectivity index (χ3v) is 5.08. The van der Waals surface area contributed by atoms with Crippen molar-refractivity contribution in [2.45, 2.75) is 0 Å². The van der Waals surface area contributed by atoms with Crippen LogP contribution in [-0.2, 0) is 9.53 Å². The van der Waals surface area contributed by atoms with Crippen LogP contribution in [0.5, 0.6) is 0 Å². The zero-order chi connectivity index (χ0) is 20.3. The molecule has 0 saturated carbocycles. The van der Waals surface area contributed by atoms with Crippen LogP contribution in [0.15, 0.2) is 69.8 Å². The van der Waals surface area contributed by atoms with Crippen molar-refractivity contribution >= 4 is 40.2 Å². The number of esters is 1. The average Bonchev–Trinajstić information content (AvgIpc) is 2.98. The van der Waals surface area contributed by atoms with Crippen LogP contribution in [0.4, 0.5) is 15.8 Å². The van der Waals surface area contributed by atoms with Gasteiger partial charge in [0.15, 0.2) is 0 Å². The Morgan fingerprint density at radius 1 is 1.18 bits per heavy atom. The van der Waals surface area contributed by atoms with Crippen molar-refractivity contribution in [2.24, 2.45) is 4.99 Å². The number of para-hydroxylation sites is 1. The monoisotopic (exact) mass is 398 g/mol. The number of thioether (sulfide) groups is 1. The molecule has 7 heteroatoms. The van der Waals surface area contributed by atoms with Crippen molar-refractivity contribution in [3.8, 4) is 0 Å². The van der Waals surface area contributed by atoms with Gasteiger partial charge in [-0.1, -0.05) is 36.0 Å². The summed E-state index contributed by atoms with van der Waals surface area (Å²) >= 11 is 1.09. The molecule has 1 aliphatic heterocycles. The maximum Gasteiger partial charge on any atom is 0.344 e. The van der Waals surface area contributed by atoms with E-state index in [9.17, 15) is 14.3 Å². The van der Waals surface area contributed by atoms with Crippen molar-refractivity contribution in [3.63, 3.8) is 0 Å². The molecule has 0 atom stereocenters. The fourth-order valence-electron chi connectivity index (χ4n) is 2.56. The number of anilines is 1. The quantitative estimate of drug-likeness (QED) is 0.757. The number of hydrogen-bond acceptors (Lipinski definition) is 6. The Bertz CT molecular complexity index is 995. The molecule has 0 spiro atoms. The van der Waals surface area contributed by atoms with E-state index in [0.29, 0.717) is 4.91 Å². The van der Waals surface area contributed by atoms with E-state index in [1.807, 2.05) is 43.3 Å². The maximum absolute atomic E-state index is 14.0. The number of aliphatic imine (C=N–C) groups is 1. The number of methoxy groups -OCH3 is 1. The van der Waals surface area contributed by atoms with Crippen LogP contribution in [0.3, 0.4) is 0 Å². The summed E-state index contributed by atoms with van der Waals surface area (Å²) in [5, 5.41) is 10.8. The molecule has 0 bridgehead atoms. The highest BCUT2D eigenvalue weighted by Gasteiger charge is 2.33. The summed E-state index contributed by atoms with van der Waals surface area (Å²) < 4.78 is 18.7. The number of carbonyl (C=O) groups excluding carboxylic acids is 1. The van der Waals surface area contributed by atoms with E-state index < -0.39 is 11.8 Å². The molecule has 2 aromatic carbocycles. The van der Waals surface area contributed by atoms with Crippen LogP contribution < -0.4 is 4.90 Å². The Morgan fingerprint density at radius 2 is 1.86 bits per heavy atom. The van der Waals surface area contributed by atoms with Crippen molar-refractivity contribution in [3.05, 3.63) is 76.1 Å². The summed E-state index contributed by atoms with van der Waals surface area (Å²) in [6, 6.07) is 13.7. The van der Waals surface area contributed by atoms with Gasteiger partial charge < -0.3 is 14.7 Å². The summed E-state index contributed by atoms with van der Waals surface area (Å²) in [6.45, 7) is 0. The second-order valence-corrected chi connectivity index (χ2v) is 7.21. The lowest BCUT2D eigenvalue weighted by atomic mass is 10.1. The summed E-state index contributed by atoms with van der Waals surface area (Å²) in [7, 11) is 5.11. The van der Waals surface area contributed by atoms with Gasteiger partial charge in [-0.2, -0.15) is 0 Å². The second-order valence-electron chi connectivity index (χ2n) is 6.18. The van der Waals surface area contributed by atoms with Gasteiger partial charge in [0.1, 0.15) is 27.9 Å². The van der Waals surface area contributed by atoms with Crippen molar-refractivity contribution in [1.82, 2.24) is 0 Å². The Balaban J connectivity index is 2.01. The third kappa shape index (κ3) is 4.09. The number of rotatable bonds is 4. The Morgan fingerprint density at radius 3 is 2.46 bits per heavy atom. The predicted octanol–water partition coefficient (Wildman–Crippen LogP) is 4.69. The first-order valence-electron chi connectivity index (χ1n) is 8.43. The largest absolute Gasteiger partial charge is 0.506 e. The van der Waals surface area contributed by atoms with Crippen LogP contribution >= 0.6 is 11.8 Å². The van der Waals surface area contributed by atoms with Gasteiger partial charge in [0, 0.05) is 19.8 Å². The zero-order valence-electron chi connectivity index (χ0n) is 15.6.